The van der Waals surface area contributed by atoms with Gasteiger partial charge in [-0.25, -0.2) is 9.38 Å². The number of benzene rings is 1. The van der Waals surface area contributed by atoms with Gasteiger partial charge in [-0.1, -0.05) is 19.1 Å². The highest BCUT2D eigenvalue weighted by atomic mass is 127. The van der Waals surface area contributed by atoms with Gasteiger partial charge < -0.3 is 10.6 Å². The van der Waals surface area contributed by atoms with Crippen molar-refractivity contribution >= 4 is 29.9 Å². The summed E-state index contributed by atoms with van der Waals surface area (Å²) in [7, 11) is 0. The molecule has 2 rings (SSSR count). The maximum absolute atomic E-state index is 13.0. The average molecular weight is 377 g/mol. The first-order valence-electron chi connectivity index (χ1n) is 6.44. The highest BCUT2D eigenvalue weighted by molar-refractivity contribution is 14.0. The molecule has 1 aromatic carbocycles. The van der Waals surface area contributed by atoms with E-state index in [-0.39, 0.29) is 29.8 Å². The van der Waals surface area contributed by atoms with E-state index >= 15 is 0 Å². The van der Waals surface area contributed by atoms with E-state index in [4.69, 9.17) is 5.73 Å². The standard InChI is InChI=1S/C14H20FN3.HI/c1-11-4-3-7-18(10-11)14(16)17-9-12-5-2-6-13(15)8-12;/h2,5-6,8,11H,3-4,7,9-10H2,1H3,(H2,16,17);1H. The maximum Gasteiger partial charge on any atom is 0.191 e. The van der Waals surface area contributed by atoms with Crippen molar-refractivity contribution in [1.29, 1.82) is 0 Å². The lowest BCUT2D eigenvalue weighted by Gasteiger charge is -2.31. The number of aliphatic imine (C=N–C) groups is 1. The Morgan fingerprint density at radius 1 is 1.53 bits per heavy atom. The summed E-state index contributed by atoms with van der Waals surface area (Å²) in [6.07, 6.45) is 2.42. The van der Waals surface area contributed by atoms with Gasteiger partial charge in [-0.05, 0) is 36.5 Å². The van der Waals surface area contributed by atoms with Crippen molar-refractivity contribution in [2.75, 3.05) is 13.1 Å². The molecule has 1 unspecified atom stereocenters. The predicted molar refractivity (Wildman–Crippen MR) is 87.1 cm³/mol. The van der Waals surface area contributed by atoms with Gasteiger partial charge in [0.25, 0.3) is 0 Å². The zero-order valence-electron chi connectivity index (χ0n) is 11.2. The van der Waals surface area contributed by atoms with E-state index in [1.165, 1.54) is 18.6 Å². The molecule has 0 radical (unpaired) electrons. The van der Waals surface area contributed by atoms with E-state index in [0.717, 1.165) is 25.1 Å². The summed E-state index contributed by atoms with van der Waals surface area (Å²) < 4.78 is 13.0. The summed E-state index contributed by atoms with van der Waals surface area (Å²) in [5.41, 5.74) is 6.83. The third kappa shape index (κ3) is 4.97. The molecule has 1 aromatic rings. The molecule has 1 saturated heterocycles. The predicted octanol–water partition coefficient (Wildman–Crippen LogP) is 2.99. The second-order valence-corrected chi connectivity index (χ2v) is 5.00. The molecule has 106 valence electrons. The van der Waals surface area contributed by atoms with E-state index < -0.39 is 0 Å². The van der Waals surface area contributed by atoms with Gasteiger partial charge in [-0.3, -0.25) is 0 Å². The number of hydrogen-bond acceptors (Lipinski definition) is 1. The van der Waals surface area contributed by atoms with Gasteiger partial charge in [-0.15, -0.1) is 24.0 Å². The molecule has 2 N–H and O–H groups in total. The summed E-state index contributed by atoms with van der Waals surface area (Å²) >= 11 is 0. The van der Waals surface area contributed by atoms with Crippen molar-refractivity contribution in [2.45, 2.75) is 26.3 Å². The van der Waals surface area contributed by atoms with Crippen molar-refractivity contribution in [3.05, 3.63) is 35.6 Å². The average Bonchev–Trinajstić information content (AvgIpc) is 2.36. The van der Waals surface area contributed by atoms with E-state index in [2.05, 4.69) is 16.8 Å². The van der Waals surface area contributed by atoms with Crippen LogP contribution in [0.3, 0.4) is 0 Å². The minimum Gasteiger partial charge on any atom is -0.370 e. The molecule has 5 heteroatoms. The van der Waals surface area contributed by atoms with E-state index in [1.807, 2.05) is 6.07 Å². The van der Waals surface area contributed by atoms with Crippen LogP contribution in [0, 0.1) is 11.7 Å². The highest BCUT2D eigenvalue weighted by Crippen LogP contribution is 2.15. The van der Waals surface area contributed by atoms with Crippen LogP contribution in [0.4, 0.5) is 4.39 Å². The van der Waals surface area contributed by atoms with Gasteiger partial charge in [0.2, 0.25) is 0 Å². The summed E-state index contributed by atoms with van der Waals surface area (Å²) in [6.45, 7) is 4.61. The molecule has 1 atom stereocenters. The van der Waals surface area contributed by atoms with Crippen LogP contribution in [0.15, 0.2) is 29.3 Å². The van der Waals surface area contributed by atoms with Gasteiger partial charge in [0, 0.05) is 13.1 Å². The summed E-state index contributed by atoms with van der Waals surface area (Å²) in [6, 6.07) is 6.48. The third-order valence-corrected chi connectivity index (χ3v) is 3.29. The lowest BCUT2D eigenvalue weighted by Crippen LogP contribution is -2.43. The quantitative estimate of drug-likeness (QED) is 0.489. The van der Waals surface area contributed by atoms with Gasteiger partial charge in [0.15, 0.2) is 5.96 Å². The Hall–Kier alpha value is -0.850. The number of guanidine groups is 1. The van der Waals surface area contributed by atoms with Gasteiger partial charge in [-0.2, -0.15) is 0 Å². The lowest BCUT2D eigenvalue weighted by atomic mass is 10.0. The zero-order chi connectivity index (χ0) is 13.0. The van der Waals surface area contributed by atoms with Gasteiger partial charge >= 0.3 is 0 Å². The van der Waals surface area contributed by atoms with Gasteiger partial charge in [0.1, 0.15) is 5.82 Å². The van der Waals surface area contributed by atoms with Crippen LogP contribution >= 0.6 is 24.0 Å². The Labute approximate surface area is 131 Å². The highest BCUT2D eigenvalue weighted by Gasteiger charge is 2.17. The van der Waals surface area contributed by atoms with Crippen molar-refractivity contribution in [3.63, 3.8) is 0 Å². The van der Waals surface area contributed by atoms with Crippen LogP contribution in [0.2, 0.25) is 0 Å². The number of nitrogens with zero attached hydrogens (tertiary/aromatic N) is 2. The Kier molecular flexibility index (Phi) is 6.54. The molecule has 1 aliphatic rings. The van der Waals surface area contributed by atoms with Crippen LogP contribution in [-0.2, 0) is 6.54 Å². The molecule has 0 amide bonds. The SMILES string of the molecule is CC1CCCN(C(N)=NCc2cccc(F)c2)C1.I. The van der Waals surface area contributed by atoms with Gasteiger partial charge in [0.05, 0.1) is 6.54 Å². The van der Waals surface area contributed by atoms with Crippen molar-refractivity contribution in [1.82, 2.24) is 4.90 Å². The number of hydrogen-bond donors (Lipinski definition) is 1. The van der Waals surface area contributed by atoms with Crippen LogP contribution < -0.4 is 5.73 Å². The van der Waals surface area contributed by atoms with Crippen molar-refractivity contribution in [2.24, 2.45) is 16.6 Å². The number of piperidine rings is 1. The van der Waals surface area contributed by atoms with E-state index in [9.17, 15) is 4.39 Å². The molecule has 0 bridgehead atoms. The second-order valence-electron chi connectivity index (χ2n) is 5.00. The largest absolute Gasteiger partial charge is 0.370 e. The minimum atomic E-state index is -0.229. The summed E-state index contributed by atoms with van der Waals surface area (Å²) in [5, 5.41) is 0. The van der Waals surface area contributed by atoms with Crippen molar-refractivity contribution in [3.8, 4) is 0 Å². The fraction of sp³-hybridized carbons (Fsp3) is 0.500. The first-order valence-corrected chi connectivity index (χ1v) is 6.44. The molecule has 0 aliphatic carbocycles. The second kappa shape index (κ2) is 7.67. The number of likely N-dealkylation sites (tertiary alicyclic amines) is 1. The first-order chi connectivity index (χ1) is 8.65. The van der Waals surface area contributed by atoms with E-state index in [1.54, 1.807) is 6.07 Å². The number of rotatable bonds is 2. The van der Waals surface area contributed by atoms with Crippen molar-refractivity contribution < 1.29 is 4.39 Å². The van der Waals surface area contributed by atoms with Crippen LogP contribution in [0.1, 0.15) is 25.3 Å². The Bertz CT molecular complexity index is 436. The topological polar surface area (TPSA) is 41.6 Å². The third-order valence-electron chi connectivity index (χ3n) is 3.29. The molecule has 0 aromatic heterocycles. The molecule has 3 nitrogen and oxygen atoms in total. The van der Waals surface area contributed by atoms with Crippen LogP contribution in [0.5, 0.6) is 0 Å². The number of nitrogens with two attached hydrogens (primary N) is 1. The maximum atomic E-state index is 13.0. The minimum absolute atomic E-state index is 0. The normalized spacial score (nSPS) is 20.0. The molecular weight excluding hydrogens is 356 g/mol. The summed E-state index contributed by atoms with van der Waals surface area (Å²) in [4.78, 5) is 6.47. The molecule has 1 heterocycles. The molecule has 1 aliphatic heterocycles. The fourth-order valence-electron chi connectivity index (χ4n) is 2.31. The Morgan fingerprint density at radius 3 is 3.00 bits per heavy atom. The van der Waals surface area contributed by atoms with E-state index in [0.29, 0.717) is 18.4 Å². The molecule has 0 saturated carbocycles. The Balaban J connectivity index is 0.00000180. The van der Waals surface area contributed by atoms with Crippen LogP contribution in [-0.4, -0.2) is 23.9 Å². The smallest absolute Gasteiger partial charge is 0.191 e. The molecule has 0 spiro atoms. The molecule has 1 fully saturated rings. The first kappa shape index (κ1) is 16.2. The molecular formula is C14H21FIN3. The fourth-order valence-corrected chi connectivity index (χ4v) is 2.31. The molecule has 19 heavy (non-hydrogen) atoms. The summed E-state index contributed by atoms with van der Waals surface area (Å²) in [5.74, 6) is 1.01. The zero-order valence-corrected chi connectivity index (χ0v) is 13.5. The number of halogens is 2. The lowest BCUT2D eigenvalue weighted by molar-refractivity contribution is 0.270. The monoisotopic (exact) mass is 377 g/mol. The Morgan fingerprint density at radius 2 is 2.32 bits per heavy atom. The van der Waals surface area contributed by atoms with Crippen LogP contribution in [0.25, 0.3) is 0 Å².